The van der Waals surface area contributed by atoms with Crippen molar-refractivity contribution in [3.05, 3.63) is 59.5 Å². The van der Waals surface area contributed by atoms with Crippen molar-refractivity contribution < 1.29 is 27.6 Å². The number of aromatic nitrogens is 1. The molecule has 0 radical (unpaired) electrons. The third kappa shape index (κ3) is 5.05. The Labute approximate surface area is 182 Å². The van der Waals surface area contributed by atoms with Crippen molar-refractivity contribution in [3.63, 3.8) is 0 Å². The van der Waals surface area contributed by atoms with Crippen molar-refractivity contribution in [2.75, 3.05) is 19.7 Å². The smallest absolute Gasteiger partial charge is 0.232 e. The van der Waals surface area contributed by atoms with Crippen LogP contribution in [0, 0.1) is 6.92 Å². The normalized spacial score (nSPS) is 13.1. The number of hydrogen-bond acceptors (Lipinski definition) is 7. The van der Waals surface area contributed by atoms with Crippen molar-refractivity contribution in [2.45, 2.75) is 19.2 Å². The third-order valence-corrected chi connectivity index (χ3v) is 5.91. The maximum Gasteiger partial charge on any atom is 0.232 e. The topological polar surface area (TPSA) is 99.9 Å². The summed E-state index contributed by atoms with van der Waals surface area (Å²) in [5.74, 6) is 2.75. The van der Waals surface area contributed by atoms with Gasteiger partial charge in [0.2, 0.25) is 18.6 Å². The molecule has 0 bridgehead atoms. The van der Waals surface area contributed by atoms with Crippen molar-refractivity contribution in [1.29, 1.82) is 0 Å². The number of nitrogens with one attached hydrogen (secondary N) is 1. The predicted octanol–water partition coefficient (Wildman–Crippen LogP) is 2.95. The first-order valence-corrected chi connectivity index (χ1v) is 11.1. The van der Waals surface area contributed by atoms with Gasteiger partial charge in [-0.3, -0.25) is 9.00 Å². The van der Waals surface area contributed by atoms with E-state index in [0.717, 1.165) is 11.1 Å². The highest BCUT2D eigenvalue weighted by Crippen LogP contribution is 2.32. The monoisotopic (exact) mass is 442 g/mol. The molecule has 8 nitrogen and oxygen atoms in total. The molecule has 1 aromatic heterocycles. The first kappa shape index (κ1) is 20.9. The highest BCUT2D eigenvalue weighted by molar-refractivity contribution is 7.84. The Morgan fingerprint density at radius 3 is 2.87 bits per heavy atom. The fourth-order valence-corrected chi connectivity index (χ4v) is 4.16. The van der Waals surface area contributed by atoms with Gasteiger partial charge in [0.25, 0.3) is 0 Å². The van der Waals surface area contributed by atoms with Crippen LogP contribution < -0.4 is 19.5 Å². The lowest BCUT2D eigenvalue weighted by Gasteiger charge is -2.06. The fraction of sp³-hybridized carbons (Fsp3) is 0.273. The van der Waals surface area contributed by atoms with E-state index in [1.807, 2.05) is 36.4 Å². The number of nitrogens with zero attached hydrogens (tertiary/aromatic N) is 1. The van der Waals surface area contributed by atoms with E-state index in [1.165, 1.54) is 0 Å². The number of ether oxygens (including phenoxy) is 3. The molecule has 2 aromatic carbocycles. The first-order chi connectivity index (χ1) is 15.0. The van der Waals surface area contributed by atoms with Crippen LogP contribution in [0.5, 0.6) is 17.2 Å². The molecule has 1 atom stereocenters. The van der Waals surface area contributed by atoms with Gasteiger partial charge in [-0.2, -0.15) is 0 Å². The zero-order valence-electron chi connectivity index (χ0n) is 17.2. The number of fused-ring (bicyclic) bond motifs is 1. The van der Waals surface area contributed by atoms with Gasteiger partial charge in [-0.25, -0.2) is 4.98 Å². The molecule has 1 N–H and O–H groups in total. The molecule has 0 unspecified atom stereocenters. The van der Waals surface area contributed by atoms with Crippen LogP contribution >= 0.6 is 0 Å². The lowest BCUT2D eigenvalue weighted by Crippen LogP contribution is -2.28. The molecule has 1 aliphatic heterocycles. The van der Waals surface area contributed by atoms with Gasteiger partial charge in [0.05, 0.1) is 18.6 Å². The summed E-state index contributed by atoms with van der Waals surface area (Å²) < 4.78 is 34.0. The third-order valence-electron chi connectivity index (χ3n) is 4.73. The number of oxazole rings is 1. The number of amides is 1. The van der Waals surface area contributed by atoms with Crippen LogP contribution in [0.4, 0.5) is 0 Å². The zero-order valence-corrected chi connectivity index (χ0v) is 18.0. The zero-order chi connectivity index (χ0) is 21.8. The summed E-state index contributed by atoms with van der Waals surface area (Å²) >= 11 is 0. The Morgan fingerprint density at radius 2 is 2.03 bits per heavy atom. The standard InChI is InChI=1S/C22H22N2O6S/c1-14-18(24-22(30-14)16-4-3-5-17(9-16)27-2)11-31(26)12-21(25)23-10-15-6-7-19-20(8-15)29-13-28-19/h3-9H,10-13H2,1-2H3,(H,23,25)/t31-/m1/s1. The van der Waals surface area contributed by atoms with Gasteiger partial charge in [0, 0.05) is 22.9 Å². The second-order valence-electron chi connectivity index (χ2n) is 6.95. The fourth-order valence-electron chi connectivity index (χ4n) is 3.09. The summed E-state index contributed by atoms with van der Waals surface area (Å²) in [6, 6.07) is 12.8. The Kier molecular flexibility index (Phi) is 6.22. The van der Waals surface area contributed by atoms with Crippen molar-refractivity contribution in [2.24, 2.45) is 0 Å². The van der Waals surface area contributed by atoms with Crippen LogP contribution in [0.25, 0.3) is 11.5 Å². The SMILES string of the molecule is COc1cccc(-c2nc(C[S@@](=O)CC(=O)NCc3ccc4c(c3)OCO4)c(C)o2)c1. The van der Waals surface area contributed by atoms with Crippen LogP contribution in [0.3, 0.4) is 0 Å². The molecule has 0 fully saturated rings. The molecule has 0 saturated carbocycles. The molecule has 4 rings (SSSR count). The van der Waals surface area contributed by atoms with Gasteiger partial charge in [0.15, 0.2) is 11.5 Å². The van der Waals surface area contributed by atoms with Crippen molar-refractivity contribution >= 4 is 16.7 Å². The Morgan fingerprint density at radius 1 is 1.19 bits per heavy atom. The molecule has 0 spiro atoms. The molecule has 31 heavy (non-hydrogen) atoms. The maximum absolute atomic E-state index is 12.5. The lowest BCUT2D eigenvalue weighted by molar-refractivity contribution is -0.118. The Bertz CT molecular complexity index is 1130. The second kappa shape index (κ2) is 9.22. The average Bonchev–Trinajstić information content (AvgIpc) is 3.38. The van der Waals surface area contributed by atoms with Crippen molar-refractivity contribution in [3.8, 4) is 28.7 Å². The molecule has 0 saturated heterocycles. The highest BCUT2D eigenvalue weighted by Gasteiger charge is 2.17. The highest BCUT2D eigenvalue weighted by atomic mass is 32.2. The number of carbonyl (C=O) groups is 1. The van der Waals surface area contributed by atoms with E-state index in [-0.39, 0.29) is 24.2 Å². The summed E-state index contributed by atoms with van der Waals surface area (Å²) in [7, 11) is 0.167. The molecule has 1 amide bonds. The van der Waals surface area contributed by atoms with Gasteiger partial charge in [-0.05, 0) is 42.8 Å². The van der Waals surface area contributed by atoms with Gasteiger partial charge in [-0.15, -0.1) is 0 Å². The quantitative estimate of drug-likeness (QED) is 0.572. The van der Waals surface area contributed by atoms with E-state index in [0.29, 0.717) is 41.1 Å². The van der Waals surface area contributed by atoms with E-state index < -0.39 is 10.8 Å². The summed E-state index contributed by atoms with van der Waals surface area (Å²) in [5, 5.41) is 2.78. The molecule has 3 aromatic rings. The van der Waals surface area contributed by atoms with Gasteiger partial charge >= 0.3 is 0 Å². The Balaban J connectivity index is 1.32. The average molecular weight is 442 g/mol. The maximum atomic E-state index is 12.5. The summed E-state index contributed by atoms with van der Waals surface area (Å²) in [4.78, 5) is 16.7. The van der Waals surface area contributed by atoms with E-state index in [2.05, 4.69) is 10.3 Å². The molecule has 2 heterocycles. The van der Waals surface area contributed by atoms with Gasteiger partial charge in [-0.1, -0.05) is 12.1 Å². The summed E-state index contributed by atoms with van der Waals surface area (Å²) in [5.41, 5.74) is 2.21. The Hall–Kier alpha value is -3.33. The molecular weight excluding hydrogens is 420 g/mol. The largest absolute Gasteiger partial charge is 0.497 e. The van der Waals surface area contributed by atoms with Gasteiger partial charge in [0.1, 0.15) is 17.3 Å². The number of hydrogen-bond donors (Lipinski definition) is 1. The number of rotatable bonds is 8. The number of methoxy groups -OCH3 is 1. The number of benzene rings is 2. The van der Waals surface area contributed by atoms with E-state index in [9.17, 15) is 9.00 Å². The minimum absolute atomic E-state index is 0.120. The minimum atomic E-state index is -1.42. The second-order valence-corrected chi connectivity index (χ2v) is 8.40. The number of aryl methyl sites for hydroxylation is 1. The summed E-state index contributed by atoms with van der Waals surface area (Å²) in [6.07, 6.45) is 0. The van der Waals surface area contributed by atoms with Gasteiger partial charge < -0.3 is 23.9 Å². The predicted molar refractivity (Wildman–Crippen MR) is 114 cm³/mol. The first-order valence-electron chi connectivity index (χ1n) is 9.63. The van der Waals surface area contributed by atoms with E-state index in [1.54, 1.807) is 20.1 Å². The van der Waals surface area contributed by atoms with Crippen LogP contribution in [-0.2, 0) is 27.9 Å². The lowest BCUT2D eigenvalue weighted by atomic mass is 10.2. The number of carbonyl (C=O) groups excluding carboxylic acids is 1. The van der Waals surface area contributed by atoms with Crippen LogP contribution in [-0.4, -0.2) is 34.8 Å². The van der Waals surface area contributed by atoms with Crippen molar-refractivity contribution in [1.82, 2.24) is 10.3 Å². The molecule has 0 aliphatic carbocycles. The molecule has 9 heteroatoms. The van der Waals surface area contributed by atoms with Crippen LogP contribution in [0.15, 0.2) is 46.9 Å². The molecule has 1 aliphatic rings. The summed E-state index contributed by atoms with van der Waals surface area (Å²) in [6.45, 7) is 2.28. The molecule has 162 valence electrons. The minimum Gasteiger partial charge on any atom is -0.497 e. The van der Waals surface area contributed by atoms with Crippen LogP contribution in [0.1, 0.15) is 17.0 Å². The van der Waals surface area contributed by atoms with Crippen LogP contribution in [0.2, 0.25) is 0 Å². The van der Waals surface area contributed by atoms with E-state index in [4.69, 9.17) is 18.6 Å². The van der Waals surface area contributed by atoms with E-state index >= 15 is 0 Å². The molecular formula is C22H22N2O6S.